The highest BCUT2D eigenvalue weighted by Crippen LogP contribution is 2.17. The number of guanidine groups is 1. The molecule has 2 heterocycles. The van der Waals surface area contributed by atoms with Crippen molar-refractivity contribution in [3.05, 3.63) is 0 Å². The SMILES string of the molecule is CCCN1CCC(CNC(=NC)NC2CN(C(=O)OC(C)(C)C)C2)CC1.I. The molecule has 2 aliphatic rings. The van der Waals surface area contributed by atoms with Crippen LogP contribution < -0.4 is 10.6 Å². The summed E-state index contributed by atoms with van der Waals surface area (Å²) in [5.41, 5.74) is -0.445. The lowest BCUT2D eigenvalue weighted by atomic mass is 9.97. The van der Waals surface area contributed by atoms with Crippen molar-refractivity contribution >= 4 is 36.0 Å². The summed E-state index contributed by atoms with van der Waals surface area (Å²) in [6, 6.07) is 0.236. The molecule has 1 amide bonds. The van der Waals surface area contributed by atoms with Gasteiger partial charge >= 0.3 is 6.09 Å². The number of hydrogen-bond donors (Lipinski definition) is 2. The molecule has 0 aromatic heterocycles. The molecular formula is C19H38IN5O2. The van der Waals surface area contributed by atoms with E-state index in [0.29, 0.717) is 19.0 Å². The van der Waals surface area contributed by atoms with Crippen LogP contribution in [0.1, 0.15) is 47.0 Å². The summed E-state index contributed by atoms with van der Waals surface area (Å²) >= 11 is 0. The third-order valence-corrected chi connectivity index (χ3v) is 4.90. The molecule has 158 valence electrons. The number of nitrogens with one attached hydrogen (secondary N) is 2. The second kappa shape index (κ2) is 11.3. The van der Waals surface area contributed by atoms with Crippen molar-refractivity contribution in [1.82, 2.24) is 20.4 Å². The minimum Gasteiger partial charge on any atom is -0.444 e. The van der Waals surface area contributed by atoms with Gasteiger partial charge in [-0.2, -0.15) is 0 Å². The molecule has 0 atom stereocenters. The Morgan fingerprint density at radius 3 is 2.37 bits per heavy atom. The smallest absolute Gasteiger partial charge is 0.410 e. The van der Waals surface area contributed by atoms with E-state index in [1.165, 1.54) is 38.9 Å². The predicted molar refractivity (Wildman–Crippen MR) is 121 cm³/mol. The lowest BCUT2D eigenvalue weighted by Gasteiger charge is -2.40. The van der Waals surface area contributed by atoms with Gasteiger partial charge in [0.15, 0.2) is 5.96 Å². The lowest BCUT2D eigenvalue weighted by Crippen LogP contribution is -2.63. The monoisotopic (exact) mass is 495 g/mol. The van der Waals surface area contributed by atoms with E-state index in [9.17, 15) is 4.79 Å². The first kappa shape index (κ1) is 24.3. The van der Waals surface area contributed by atoms with Gasteiger partial charge in [0.1, 0.15) is 5.60 Å². The van der Waals surface area contributed by atoms with E-state index in [4.69, 9.17) is 4.74 Å². The maximum absolute atomic E-state index is 12.0. The number of halogens is 1. The van der Waals surface area contributed by atoms with Crippen LogP contribution in [0, 0.1) is 5.92 Å². The predicted octanol–water partition coefficient (Wildman–Crippen LogP) is 2.51. The van der Waals surface area contributed by atoms with Crippen molar-refractivity contribution in [2.45, 2.75) is 58.6 Å². The standard InChI is InChI=1S/C19H37N5O2.HI/c1-6-9-23-10-7-15(8-11-23)12-21-17(20-5)22-16-13-24(14-16)18(25)26-19(2,3)4;/h15-16H,6-14H2,1-5H3,(H2,20,21,22);1H. The first-order valence-electron chi connectivity index (χ1n) is 9.98. The number of amides is 1. The molecule has 2 aliphatic heterocycles. The number of nitrogens with zero attached hydrogens (tertiary/aromatic N) is 3. The first-order chi connectivity index (χ1) is 12.3. The molecular weight excluding hydrogens is 457 g/mol. The van der Waals surface area contributed by atoms with Gasteiger partial charge in [0.05, 0.1) is 6.04 Å². The second-order valence-electron chi connectivity index (χ2n) is 8.46. The van der Waals surface area contributed by atoms with E-state index in [-0.39, 0.29) is 36.1 Å². The molecule has 2 fully saturated rings. The Morgan fingerprint density at radius 1 is 1.22 bits per heavy atom. The van der Waals surface area contributed by atoms with Crippen molar-refractivity contribution in [2.24, 2.45) is 10.9 Å². The zero-order valence-electron chi connectivity index (χ0n) is 17.6. The summed E-state index contributed by atoms with van der Waals surface area (Å²) in [5, 5.41) is 6.85. The summed E-state index contributed by atoms with van der Waals surface area (Å²) in [4.78, 5) is 20.6. The molecule has 0 unspecified atom stereocenters. The van der Waals surface area contributed by atoms with Crippen molar-refractivity contribution in [1.29, 1.82) is 0 Å². The Hall–Kier alpha value is -0.770. The molecule has 2 rings (SSSR count). The number of carbonyl (C=O) groups is 1. The van der Waals surface area contributed by atoms with Crippen molar-refractivity contribution in [3.63, 3.8) is 0 Å². The van der Waals surface area contributed by atoms with Gasteiger partial charge in [-0.1, -0.05) is 6.92 Å². The quantitative estimate of drug-likeness (QED) is 0.349. The summed E-state index contributed by atoms with van der Waals surface area (Å²) < 4.78 is 5.38. The first-order valence-corrected chi connectivity index (χ1v) is 9.98. The van der Waals surface area contributed by atoms with Gasteiger partial charge in [-0.15, -0.1) is 24.0 Å². The van der Waals surface area contributed by atoms with E-state index in [1.54, 1.807) is 11.9 Å². The average molecular weight is 495 g/mol. The Bertz CT molecular complexity index is 481. The van der Waals surface area contributed by atoms with Crippen molar-refractivity contribution < 1.29 is 9.53 Å². The molecule has 0 aliphatic carbocycles. The third-order valence-electron chi connectivity index (χ3n) is 4.90. The van der Waals surface area contributed by atoms with Crippen molar-refractivity contribution in [3.8, 4) is 0 Å². The lowest BCUT2D eigenvalue weighted by molar-refractivity contribution is 0.00700. The van der Waals surface area contributed by atoms with E-state index in [1.807, 2.05) is 20.8 Å². The van der Waals surface area contributed by atoms with Gasteiger partial charge in [-0.25, -0.2) is 4.79 Å². The van der Waals surface area contributed by atoms with Crippen LogP contribution in [-0.2, 0) is 4.74 Å². The van der Waals surface area contributed by atoms with Gasteiger partial charge < -0.3 is 25.2 Å². The van der Waals surface area contributed by atoms with Crippen LogP contribution in [-0.4, -0.2) is 79.8 Å². The molecule has 0 aromatic rings. The Kier molecular flexibility index (Phi) is 10.1. The normalized spacial score (nSPS) is 19.9. The van der Waals surface area contributed by atoms with Gasteiger partial charge in [-0.3, -0.25) is 4.99 Å². The third kappa shape index (κ3) is 8.41. The molecule has 0 radical (unpaired) electrons. The second-order valence-corrected chi connectivity index (χ2v) is 8.46. The van der Waals surface area contributed by atoms with Crippen LogP contribution in [0.2, 0.25) is 0 Å². The average Bonchev–Trinajstić information content (AvgIpc) is 2.53. The zero-order chi connectivity index (χ0) is 19.2. The van der Waals surface area contributed by atoms with E-state index in [2.05, 4.69) is 27.4 Å². The summed E-state index contributed by atoms with van der Waals surface area (Å²) in [6.07, 6.45) is 3.50. The molecule has 0 spiro atoms. The molecule has 0 saturated carbocycles. The zero-order valence-corrected chi connectivity index (χ0v) is 19.9. The van der Waals surface area contributed by atoms with Crippen LogP contribution >= 0.6 is 24.0 Å². The highest BCUT2D eigenvalue weighted by molar-refractivity contribution is 14.0. The molecule has 27 heavy (non-hydrogen) atoms. The maximum Gasteiger partial charge on any atom is 0.410 e. The highest BCUT2D eigenvalue weighted by Gasteiger charge is 2.34. The summed E-state index contributed by atoms with van der Waals surface area (Å²) in [6.45, 7) is 13.8. The minimum absolute atomic E-state index is 0. The largest absolute Gasteiger partial charge is 0.444 e. The number of carbonyl (C=O) groups excluding carboxylic acids is 1. The van der Waals surface area contributed by atoms with E-state index >= 15 is 0 Å². The molecule has 0 aromatic carbocycles. The van der Waals surface area contributed by atoms with E-state index in [0.717, 1.165) is 12.5 Å². The molecule has 2 saturated heterocycles. The van der Waals surface area contributed by atoms with Gasteiger partial charge in [0, 0.05) is 26.7 Å². The number of rotatable bonds is 5. The summed E-state index contributed by atoms with van der Waals surface area (Å²) in [7, 11) is 1.80. The number of piperidine rings is 1. The van der Waals surface area contributed by atoms with Crippen molar-refractivity contribution in [2.75, 3.05) is 46.3 Å². The Balaban J connectivity index is 0.00000364. The number of hydrogen-bond acceptors (Lipinski definition) is 4. The molecule has 8 heteroatoms. The Morgan fingerprint density at radius 2 is 1.85 bits per heavy atom. The fourth-order valence-electron chi connectivity index (χ4n) is 3.40. The number of likely N-dealkylation sites (tertiary alicyclic amines) is 2. The van der Waals surface area contributed by atoms with Gasteiger partial charge in [0.2, 0.25) is 0 Å². The van der Waals surface area contributed by atoms with Crippen LogP contribution in [0.25, 0.3) is 0 Å². The molecule has 7 nitrogen and oxygen atoms in total. The molecule has 2 N–H and O–H groups in total. The van der Waals surface area contributed by atoms with Crippen LogP contribution in [0.3, 0.4) is 0 Å². The van der Waals surface area contributed by atoms with Crippen LogP contribution in [0.15, 0.2) is 4.99 Å². The topological polar surface area (TPSA) is 69.2 Å². The fourth-order valence-corrected chi connectivity index (χ4v) is 3.40. The number of aliphatic imine (C=N–C) groups is 1. The van der Waals surface area contributed by atoms with Gasteiger partial charge in [0.25, 0.3) is 0 Å². The van der Waals surface area contributed by atoms with Gasteiger partial charge in [-0.05, 0) is 65.6 Å². The minimum atomic E-state index is -0.445. The highest BCUT2D eigenvalue weighted by atomic mass is 127. The number of ether oxygens (including phenoxy) is 1. The maximum atomic E-state index is 12.0. The molecule has 0 bridgehead atoms. The van der Waals surface area contributed by atoms with Crippen LogP contribution in [0.5, 0.6) is 0 Å². The van der Waals surface area contributed by atoms with E-state index < -0.39 is 5.60 Å². The Labute approximate surface area is 181 Å². The fraction of sp³-hybridized carbons (Fsp3) is 0.895. The van der Waals surface area contributed by atoms with Crippen LogP contribution in [0.4, 0.5) is 4.79 Å². The summed E-state index contributed by atoms with van der Waals surface area (Å²) in [5.74, 6) is 1.54.